The van der Waals surface area contributed by atoms with Gasteiger partial charge in [0.15, 0.2) is 0 Å². The molecule has 0 saturated heterocycles. The fourth-order valence-corrected chi connectivity index (χ4v) is 4.70. The Morgan fingerprint density at radius 1 is 1.15 bits per heavy atom. The van der Waals surface area contributed by atoms with Crippen LogP contribution in [0.5, 0.6) is 5.75 Å². The molecule has 2 aromatic carbocycles. The van der Waals surface area contributed by atoms with Crippen LogP contribution in [0.1, 0.15) is 29.8 Å². The lowest BCUT2D eigenvalue weighted by molar-refractivity contribution is 0.0281. The molecule has 180 valence electrons. The maximum Gasteiger partial charge on any atom is 0.261 e. The van der Waals surface area contributed by atoms with Crippen LogP contribution in [0.3, 0.4) is 0 Å². The molecule has 1 aliphatic heterocycles. The molecule has 1 amide bonds. The van der Waals surface area contributed by atoms with Crippen molar-refractivity contribution in [1.29, 1.82) is 0 Å². The van der Waals surface area contributed by atoms with Crippen molar-refractivity contribution >= 4 is 21.6 Å². The lowest BCUT2D eigenvalue weighted by Crippen LogP contribution is -2.44. The fourth-order valence-electron chi connectivity index (χ4n) is 3.65. The second-order valence-electron chi connectivity index (χ2n) is 8.69. The van der Waals surface area contributed by atoms with E-state index in [2.05, 4.69) is 17.0 Å². The zero-order valence-corrected chi connectivity index (χ0v) is 20.6. The van der Waals surface area contributed by atoms with E-state index in [1.807, 2.05) is 13.8 Å². The molecule has 2 N–H and O–H groups in total. The predicted molar refractivity (Wildman–Crippen MR) is 128 cm³/mol. The molecule has 1 aliphatic rings. The third-order valence-corrected chi connectivity index (χ3v) is 7.21. The number of sulfonamides is 1. The lowest BCUT2D eigenvalue weighted by atomic mass is 10.0. The molecule has 0 aromatic heterocycles. The van der Waals surface area contributed by atoms with Crippen LogP contribution in [0, 0.1) is 12.8 Å². The molecule has 1 heterocycles. The van der Waals surface area contributed by atoms with Crippen molar-refractivity contribution in [3.05, 3.63) is 53.6 Å². The number of rotatable bonds is 4. The number of anilines is 1. The highest BCUT2D eigenvalue weighted by Gasteiger charge is 2.26. The Labute approximate surface area is 196 Å². The number of amides is 1. The number of likely N-dealkylation sites (N-methyl/N-ethyl adjacent to an activating group) is 1. The van der Waals surface area contributed by atoms with Crippen LogP contribution in [0.4, 0.5) is 5.69 Å². The summed E-state index contributed by atoms with van der Waals surface area (Å²) in [5.41, 5.74) is 1.66. The van der Waals surface area contributed by atoms with Crippen LogP contribution in [0.25, 0.3) is 0 Å². The molecule has 0 unspecified atom stereocenters. The van der Waals surface area contributed by atoms with Gasteiger partial charge in [-0.25, -0.2) is 8.42 Å². The quantitative estimate of drug-likeness (QED) is 0.706. The number of methoxy groups -OCH3 is 1. The molecule has 0 bridgehead atoms. The number of hydrogen-bond acceptors (Lipinski definition) is 6. The summed E-state index contributed by atoms with van der Waals surface area (Å²) >= 11 is 0. The van der Waals surface area contributed by atoms with E-state index < -0.39 is 10.0 Å². The van der Waals surface area contributed by atoms with Crippen LogP contribution in [-0.2, 0) is 14.8 Å². The summed E-state index contributed by atoms with van der Waals surface area (Å²) < 4.78 is 39.8. The molecular formula is C24H33N3O5S. The maximum atomic E-state index is 13.2. The summed E-state index contributed by atoms with van der Waals surface area (Å²) in [6.45, 7) is 7.44. The zero-order chi connectivity index (χ0) is 24.2. The molecule has 8 nitrogen and oxygen atoms in total. The number of fused-ring (bicyclic) bond motifs is 1. The molecule has 3 rings (SSSR count). The van der Waals surface area contributed by atoms with Gasteiger partial charge in [-0.05, 0) is 44.0 Å². The maximum absolute atomic E-state index is 13.2. The summed E-state index contributed by atoms with van der Waals surface area (Å²) in [4.78, 5) is 15.0. The van der Waals surface area contributed by atoms with E-state index in [4.69, 9.17) is 9.47 Å². The normalized spacial score (nSPS) is 22.5. The molecule has 0 spiro atoms. The van der Waals surface area contributed by atoms with E-state index in [-0.39, 0.29) is 28.9 Å². The Hall–Kier alpha value is -2.62. The summed E-state index contributed by atoms with van der Waals surface area (Å²) in [5.74, 6) is 0.311. The predicted octanol–water partition coefficient (Wildman–Crippen LogP) is 2.89. The third kappa shape index (κ3) is 6.25. The Morgan fingerprint density at radius 2 is 1.85 bits per heavy atom. The minimum atomic E-state index is -3.78. The first kappa shape index (κ1) is 25.0. The number of carbonyl (C=O) groups excluding carboxylic acids is 1. The topological polar surface area (TPSA) is 97.0 Å². The zero-order valence-electron chi connectivity index (χ0n) is 19.8. The summed E-state index contributed by atoms with van der Waals surface area (Å²) in [7, 11) is -0.404. The monoisotopic (exact) mass is 475 g/mol. The van der Waals surface area contributed by atoms with Gasteiger partial charge in [-0.3, -0.25) is 9.52 Å². The van der Waals surface area contributed by atoms with Gasteiger partial charge >= 0.3 is 0 Å². The van der Waals surface area contributed by atoms with Gasteiger partial charge < -0.3 is 19.7 Å². The van der Waals surface area contributed by atoms with Gasteiger partial charge in [-0.1, -0.05) is 24.6 Å². The number of hydrogen-bond donors (Lipinski definition) is 2. The second-order valence-corrected chi connectivity index (χ2v) is 10.4. The van der Waals surface area contributed by atoms with Crippen molar-refractivity contribution in [3.63, 3.8) is 0 Å². The van der Waals surface area contributed by atoms with E-state index in [0.29, 0.717) is 36.7 Å². The van der Waals surface area contributed by atoms with Crippen LogP contribution in [0.15, 0.2) is 47.4 Å². The van der Waals surface area contributed by atoms with Crippen LogP contribution < -0.4 is 14.8 Å². The standard InChI is InChI=1S/C24H33N3O5S/c1-16-6-9-20(10-7-16)33(29,30)26-19-8-11-21-22(12-19)32-15-18(3)25-13-17(2)23(31-5)14-27(4)24(21)28/h6-12,17-18,23,25-26H,13-15H2,1-5H3/t17-,18-,23+/m0/s1. The SMILES string of the molecule is CO[C@@H]1CN(C)C(=O)c2ccc(NS(=O)(=O)c3ccc(C)cc3)cc2OC[C@H](C)NC[C@@H]1C. The van der Waals surface area contributed by atoms with Crippen molar-refractivity contribution in [2.75, 3.05) is 38.6 Å². The number of ether oxygens (including phenoxy) is 2. The number of nitrogens with one attached hydrogen (secondary N) is 2. The first-order valence-corrected chi connectivity index (χ1v) is 12.5. The van der Waals surface area contributed by atoms with Crippen molar-refractivity contribution in [1.82, 2.24) is 10.2 Å². The van der Waals surface area contributed by atoms with Crippen LogP contribution in [0.2, 0.25) is 0 Å². The average molecular weight is 476 g/mol. The van der Waals surface area contributed by atoms with Gasteiger partial charge in [-0.15, -0.1) is 0 Å². The average Bonchev–Trinajstić information content (AvgIpc) is 2.78. The van der Waals surface area contributed by atoms with Crippen molar-refractivity contribution in [3.8, 4) is 5.75 Å². The molecule has 0 radical (unpaired) electrons. The first-order chi connectivity index (χ1) is 15.6. The van der Waals surface area contributed by atoms with E-state index in [0.717, 1.165) is 5.56 Å². The summed E-state index contributed by atoms with van der Waals surface area (Å²) in [6.07, 6.45) is -0.122. The Bertz CT molecular complexity index is 1070. The van der Waals surface area contributed by atoms with Crippen LogP contribution >= 0.6 is 0 Å². The molecule has 0 aliphatic carbocycles. The van der Waals surface area contributed by atoms with Crippen molar-refractivity contribution in [2.45, 2.75) is 37.8 Å². The molecule has 33 heavy (non-hydrogen) atoms. The van der Waals surface area contributed by atoms with Gasteiger partial charge in [-0.2, -0.15) is 0 Å². The van der Waals surface area contributed by atoms with Gasteiger partial charge in [0.1, 0.15) is 12.4 Å². The van der Waals surface area contributed by atoms with E-state index in [1.54, 1.807) is 61.5 Å². The minimum absolute atomic E-state index is 0.0259. The molecule has 0 saturated carbocycles. The second kappa shape index (κ2) is 10.5. The number of carbonyl (C=O) groups is 1. The highest BCUT2D eigenvalue weighted by molar-refractivity contribution is 7.92. The fraction of sp³-hybridized carbons (Fsp3) is 0.458. The highest BCUT2D eigenvalue weighted by Crippen LogP contribution is 2.27. The molecule has 2 aromatic rings. The van der Waals surface area contributed by atoms with Crippen molar-refractivity contribution < 1.29 is 22.7 Å². The highest BCUT2D eigenvalue weighted by atomic mass is 32.2. The lowest BCUT2D eigenvalue weighted by Gasteiger charge is -2.30. The minimum Gasteiger partial charge on any atom is -0.491 e. The van der Waals surface area contributed by atoms with E-state index >= 15 is 0 Å². The van der Waals surface area contributed by atoms with E-state index in [9.17, 15) is 13.2 Å². The van der Waals surface area contributed by atoms with Gasteiger partial charge in [0.05, 0.1) is 22.3 Å². The number of aryl methyl sites for hydroxylation is 1. The van der Waals surface area contributed by atoms with Gasteiger partial charge in [0.2, 0.25) is 0 Å². The van der Waals surface area contributed by atoms with Gasteiger partial charge in [0.25, 0.3) is 15.9 Å². The van der Waals surface area contributed by atoms with Crippen LogP contribution in [-0.4, -0.2) is 65.2 Å². The molecular weight excluding hydrogens is 442 g/mol. The smallest absolute Gasteiger partial charge is 0.261 e. The Kier molecular flexibility index (Phi) is 7.99. The first-order valence-electron chi connectivity index (χ1n) is 11.0. The number of nitrogens with zero attached hydrogens (tertiary/aromatic N) is 1. The largest absolute Gasteiger partial charge is 0.491 e. The van der Waals surface area contributed by atoms with E-state index in [1.165, 1.54) is 0 Å². The van der Waals surface area contributed by atoms with Crippen molar-refractivity contribution in [2.24, 2.45) is 5.92 Å². The van der Waals surface area contributed by atoms with Gasteiger partial charge in [0, 0.05) is 39.4 Å². The Balaban J connectivity index is 1.91. The third-order valence-electron chi connectivity index (χ3n) is 5.81. The summed E-state index contributed by atoms with van der Waals surface area (Å²) in [6, 6.07) is 11.3. The molecule has 3 atom stereocenters. The number of benzene rings is 2. The Morgan fingerprint density at radius 3 is 2.52 bits per heavy atom. The molecule has 9 heteroatoms. The molecule has 0 fully saturated rings. The summed E-state index contributed by atoms with van der Waals surface area (Å²) in [5, 5.41) is 3.43.